The van der Waals surface area contributed by atoms with E-state index in [0.717, 1.165) is 0 Å². The van der Waals surface area contributed by atoms with Gasteiger partial charge in [0.25, 0.3) is 0 Å². The summed E-state index contributed by atoms with van der Waals surface area (Å²) >= 11 is 0. The lowest BCUT2D eigenvalue weighted by molar-refractivity contribution is -0.136. The zero-order valence-electron chi connectivity index (χ0n) is 11.0. The van der Waals surface area contributed by atoms with Crippen LogP contribution in [0, 0.1) is 0 Å². The summed E-state index contributed by atoms with van der Waals surface area (Å²) in [5.41, 5.74) is 0.887. The van der Waals surface area contributed by atoms with E-state index in [1.54, 1.807) is 0 Å². The second-order valence-electron chi connectivity index (χ2n) is 4.39. The zero-order chi connectivity index (χ0) is 14.8. The number of aromatic nitrogens is 4. The van der Waals surface area contributed by atoms with Gasteiger partial charge in [-0.25, -0.2) is 4.98 Å². The Labute approximate surface area is 113 Å². The van der Waals surface area contributed by atoms with Gasteiger partial charge < -0.3 is 15.6 Å². The number of imidazole rings is 1. The Hall–Kier alpha value is -2.06. The highest BCUT2D eigenvalue weighted by molar-refractivity contribution is 5.83. The molecular weight excluding hydrogens is 273 g/mol. The van der Waals surface area contributed by atoms with Crippen molar-refractivity contribution < 1.29 is 13.2 Å². The molecule has 1 unspecified atom stereocenters. The minimum Gasteiger partial charge on any atom is -0.365 e. The molecule has 0 aromatic carbocycles. The molecule has 0 fully saturated rings. The molecule has 2 aromatic heterocycles. The molecule has 110 valence electrons. The molecule has 0 aliphatic heterocycles. The summed E-state index contributed by atoms with van der Waals surface area (Å²) in [5, 5.41) is 5.66. The van der Waals surface area contributed by atoms with Crippen LogP contribution in [0.1, 0.15) is 20.3 Å². The van der Waals surface area contributed by atoms with Crippen molar-refractivity contribution in [1.82, 2.24) is 19.9 Å². The second-order valence-corrected chi connectivity index (χ2v) is 4.39. The lowest BCUT2D eigenvalue weighted by atomic mass is 10.2. The second kappa shape index (κ2) is 5.51. The van der Waals surface area contributed by atoms with Gasteiger partial charge in [0.15, 0.2) is 11.5 Å². The Morgan fingerprint density at radius 2 is 2.10 bits per heavy atom. The van der Waals surface area contributed by atoms with Crippen LogP contribution in [0.4, 0.5) is 24.9 Å². The number of hydrogen-bond donors (Lipinski definition) is 3. The van der Waals surface area contributed by atoms with E-state index in [9.17, 15) is 13.2 Å². The van der Waals surface area contributed by atoms with Crippen LogP contribution in [0.15, 0.2) is 6.33 Å². The highest BCUT2D eigenvalue weighted by Crippen LogP contribution is 2.25. The van der Waals surface area contributed by atoms with Crippen LogP contribution in [-0.2, 0) is 0 Å². The lowest BCUT2D eigenvalue weighted by Crippen LogP contribution is -2.24. The van der Waals surface area contributed by atoms with Crippen molar-refractivity contribution in [3.05, 3.63) is 6.33 Å². The Balaban J connectivity index is 2.25. The molecule has 0 aliphatic carbocycles. The molecule has 3 N–H and O–H groups in total. The number of hydrogen-bond acceptors (Lipinski definition) is 5. The number of nitrogens with one attached hydrogen (secondary N) is 3. The third kappa shape index (κ3) is 3.49. The first kappa shape index (κ1) is 14.4. The topological polar surface area (TPSA) is 78.5 Å². The van der Waals surface area contributed by atoms with Crippen LogP contribution < -0.4 is 10.6 Å². The number of rotatable bonds is 5. The Morgan fingerprint density at radius 3 is 2.75 bits per heavy atom. The summed E-state index contributed by atoms with van der Waals surface area (Å²) in [6.45, 7) is 3.93. The fourth-order valence-electron chi connectivity index (χ4n) is 1.81. The van der Waals surface area contributed by atoms with E-state index in [-0.39, 0.29) is 0 Å². The number of nitrogens with zero attached hydrogens (tertiary/aromatic N) is 3. The third-order valence-corrected chi connectivity index (χ3v) is 2.54. The molecule has 0 amide bonds. The van der Waals surface area contributed by atoms with Gasteiger partial charge in [-0.2, -0.15) is 23.1 Å². The van der Waals surface area contributed by atoms with Gasteiger partial charge >= 0.3 is 6.18 Å². The molecule has 2 aromatic rings. The minimum absolute atomic E-state index is 0.306. The molecule has 1 atom stereocenters. The van der Waals surface area contributed by atoms with Crippen molar-refractivity contribution in [2.24, 2.45) is 0 Å². The van der Waals surface area contributed by atoms with Crippen LogP contribution in [-0.4, -0.2) is 38.7 Å². The first-order chi connectivity index (χ1) is 9.39. The van der Waals surface area contributed by atoms with Crippen LogP contribution in [0.3, 0.4) is 0 Å². The van der Waals surface area contributed by atoms with Gasteiger partial charge in [0, 0.05) is 12.6 Å². The number of halogens is 3. The predicted molar refractivity (Wildman–Crippen MR) is 69.6 cm³/mol. The van der Waals surface area contributed by atoms with Crippen molar-refractivity contribution >= 4 is 22.9 Å². The van der Waals surface area contributed by atoms with Gasteiger partial charge in [-0.05, 0) is 13.8 Å². The van der Waals surface area contributed by atoms with Crippen molar-refractivity contribution in [1.29, 1.82) is 0 Å². The molecule has 0 radical (unpaired) electrons. The number of alkyl halides is 3. The summed E-state index contributed by atoms with van der Waals surface area (Å²) in [5.74, 6) is 0.633. The van der Waals surface area contributed by atoms with E-state index < -0.39 is 18.6 Å². The summed E-state index contributed by atoms with van der Waals surface area (Å²) in [4.78, 5) is 15.1. The van der Waals surface area contributed by atoms with Gasteiger partial charge in [-0.15, -0.1) is 0 Å². The molecule has 2 heterocycles. The van der Waals surface area contributed by atoms with Crippen molar-refractivity contribution in [3.63, 3.8) is 0 Å². The molecular formula is C11H15F3N6. The van der Waals surface area contributed by atoms with Crippen LogP contribution in [0.2, 0.25) is 0 Å². The van der Waals surface area contributed by atoms with E-state index in [1.165, 1.54) is 13.3 Å². The number of H-pyrrole nitrogens is 1. The maximum atomic E-state index is 12.4. The maximum absolute atomic E-state index is 12.4. The van der Waals surface area contributed by atoms with E-state index in [2.05, 4.69) is 30.6 Å². The Morgan fingerprint density at radius 1 is 1.35 bits per heavy atom. The standard InChI is InChI=1S/C11H15F3N6/c1-3-15-10-19-8-7(16-5-17-8)9(20-10)18-6(2)4-11(12,13)14/h5-6H,3-4H2,1-2H3,(H3,15,16,17,18,19,20). The monoisotopic (exact) mass is 288 g/mol. The highest BCUT2D eigenvalue weighted by Gasteiger charge is 2.30. The van der Waals surface area contributed by atoms with E-state index in [4.69, 9.17) is 0 Å². The molecule has 0 bridgehead atoms. The summed E-state index contributed by atoms with van der Waals surface area (Å²) in [6.07, 6.45) is -3.74. The number of fused-ring (bicyclic) bond motifs is 1. The molecule has 0 aliphatic rings. The molecule has 20 heavy (non-hydrogen) atoms. The van der Waals surface area contributed by atoms with Gasteiger partial charge in [0.2, 0.25) is 5.95 Å². The van der Waals surface area contributed by atoms with Crippen LogP contribution in [0.25, 0.3) is 11.2 Å². The average Bonchev–Trinajstić information content (AvgIpc) is 2.74. The largest absolute Gasteiger partial charge is 0.391 e. The van der Waals surface area contributed by atoms with Gasteiger partial charge in [0.1, 0.15) is 5.52 Å². The Kier molecular flexibility index (Phi) is 3.96. The smallest absolute Gasteiger partial charge is 0.365 e. The quantitative estimate of drug-likeness (QED) is 0.788. The van der Waals surface area contributed by atoms with Crippen molar-refractivity contribution in [3.8, 4) is 0 Å². The van der Waals surface area contributed by atoms with E-state index >= 15 is 0 Å². The lowest BCUT2D eigenvalue weighted by Gasteiger charge is -2.17. The fourth-order valence-corrected chi connectivity index (χ4v) is 1.81. The van der Waals surface area contributed by atoms with Crippen LogP contribution >= 0.6 is 0 Å². The van der Waals surface area contributed by atoms with Crippen molar-refractivity contribution in [2.75, 3.05) is 17.2 Å². The number of anilines is 2. The highest BCUT2D eigenvalue weighted by atomic mass is 19.4. The van der Waals surface area contributed by atoms with Gasteiger partial charge in [-0.1, -0.05) is 0 Å². The average molecular weight is 288 g/mol. The molecule has 9 heteroatoms. The van der Waals surface area contributed by atoms with Gasteiger partial charge in [-0.3, -0.25) is 0 Å². The fraction of sp³-hybridized carbons (Fsp3) is 0.545. The molecule has 2 rings (SSSR count). The predicted octanol–water partition coefficient (Wildman–Crippen LogP) is 2.54. The minimum atomic E-state index is -4.23. The first-order valence-electron chi connectivity index (χ1n) is 6.17. The molecule has 0 saturated carbocycles. The maximum Gasteiger partial charge on any atom is 0.391 e. The summed E-state index contributed by atoms with van der Waals surface area (Å²) in [6, 6.07) is -0.800. The van der Waals surface area contributed by atoms with E-state index in [1.807, 2.05) is 6.92 Å². The van der Waals surface area contributed by atoms with Crippen LogP contribution in [0.5, 0.6) is 0 Å². The molecule has 0 spiro atoms. The molecule has 0 saturated heterocycles. The van der Waals surface area contributed by atoms with E-state index in [0.29, 0.717) is 29.5 Å². The molecule has 6 nitrogen and oxygen atoms in total. The first-order valence-corrected chi connectivity index (χ1v) is 6.17. The van der Waals surface area contributed by atoms with Crippen molar-refractivity contribution in [2.45, 2.75) is 32.5 Å². The summed E-state index contributed by atoms with van der Waals surface area (Å²) < 4.78 is 37.1. The van der Waals surface area contributed by atoms with Gasteiger partial charge in [0.05, 0.1) is 12.7 Å². The SMILES string of the molecule is CCNc1nc(NC(C)CC(F)(F)F)c2[nH]cnc2n1. The summed E-state index contributed by atoms with van der Waals surface area (Å²) in [7, 11) is 0. The Bertz CT molecular complexity index is 579. The third-order valence-electron chi connectivity index (χ3n) is 2.54. The normalized spacial score (nSPS) is 13.4. The zero-order valence-corrected chi connectivity index (χ0v) is 11.0. The number of aromatic amines is 1.